The molecular weight excluding hydrogens is 227 g/mol. The SMILES string of the molecule is CC[Si](N=[N+]=[N-])(N=[N+]=[N-])N=[N+]=[N-].[Li+].[N-]=[N+]=[N-]. The zero-order valence-electron chi connectivity index (χ0n) is 8.57. The van der Waals surface area contributed by atoms with E-state index < -0.39 is 8.56 Å². The number of hydrogen-bond donors (Lipinski definition) is 0. The van der Waals surface area contributed by atoms with E-state index in [4.69, 9.17) is 27.7 Å². The van der Waals surface area contributed by atoms with Gasteiger partial charge in [0.2, 0.25) is 0 Å². The third-order valence-electron chi connectivity index (χ3n) is 1.09. The van der Waals surface area contributed by atoms with Crippen molar-refractivity contribution in [3.63, 3.8) is 0 Å². The summed E-state index contributed by atoms with van der Waals surface area (Å²) in [5.41, 5.74) is 37.8. The summed E-state index contributed by atoms with van der Waals surface area (Å²) in [6, 6.07) is 0.255. The molecule has 0 aromatic rings. The van der Waals surface area contributed by atoms with Crippen molar-refractivity contribution in [2.24, 2.45) is 14.3 Å². The Morgan fingerprint density at radius 3 is 1.25 bits per heavy atom. The van der Waals surface area contributed by atoms with Crippen LogP contribution in [0.3, 0.4) is 0 Å². The zero-order chi connectivity index (χ0) is 12.2. The van der Waals surface area contributed by atoms with Crippen LogP contribution < -0.4 is 18.9 Å². The maximum atomic E-state index is 8.11. The fourth-order valence-electron chi connectivity index (χ4n) is 0.487. The summed E-state index contributed by atoms with van der Waals surface area (Å²) < 4.78 is 9.70. The van der Waals surface area contributed by atoms with Crippen molar-refractivity contribution in [3.05, 3.63) is 47.3 Å². The first-order valence-electron chi connectivity index (χ1n) is 3.33. The van der Waals surface area contributed by atoms with Gasteiger partial charge in [0.25, 0.3) is 0 Å². The molecule has 0 bridgehead atoms. The second kappa shape index (κ2) is 13.1. The minimum Gasteiger partial charge on any atom is -0.373 e. The third kappa shape index (κ3) is 8.64. The number of rotatable bonds is 4. The molecule has 0 saturated carbocycles. The first kappa shape index (κ1) is 19.6. The summed E-state index contributed by atoms with van der Waals surface area (Å²) in [5, 5.41) is 0. The molecule has 0 aliphatic heterocycles. The van der Waals surface area contributed by atoms with Crippen LogP contribution >= 0.6 is 0 Å². The average Bonchev–Trinajstić information content (AvgIpc) is 2.20. The van der Waals surface area contributed by atoms with Crippen molar-refractivity contribution in [1.29, 1.82) is 0 Å². The van der Waals surface area contributed by atoms with Gasteiger partial charge in [-0.2, -0.15) is 0 Å². The van der Waals surface area contributed by atoms with Crippen molar-refractivity contribution >= 4 is 8.56 Å². The molecule has 0 aromatic heterocycles. The minimum absolute atomic E-state index is 0. The molecule has 0 saturated heterocycles. The van der Waals surface area contributed by atoms with Gasteiger partial charge in [-0.15, -0.1) is 14.3 Å². The van der Waals surface area contributed by atoms with Gasteiger partial charge in [0.1, 0.15) is 0 Å². The first-order valence-corrected chi connectivity index (χ1v) is 5.38. The van der Waals surface area contributed by atoms with Crippen LogP contribution in [0.5, 0.6) is 0 Å². The Morgan fingerprint density at radius 2 is 1.12 bits per heavy atom. The molecule has 0 rings (SSSR count). The molecule has 16 heavy (non-hydrogen) atoms. The molecule has 0 radical (unpaired) electrons. The van der Waals surface area contributed by atoms with Gasteiger partial charge in [-0.3, -0.25) is 4.91 Å². The van der Waals surface area contributed by atoms with Gasteiger partial charge in [-0.05, 0) is 37.4 Å². The molecule has 14 heteroatoms. The van der Waals surface area contributed by atoms with Gasteiger partial charge >= 0.3 is 27.4 Å². The van der Waals surface area contributed by atoms with E-state index >= 15 is 0 Å². The predicted molar refractivity (Wildman–Crippen MR) is 53.8 cm³/mol. The maximum absolute atomic E-state index is 8.11. The van der Waals surface area contributed by atoms with Crippen LogP contribution in [0.15, 0.2) is 14.3 Å². The normalized spacial score (nSPS) is 10.1. The molecule has 12 nitrogen and oxygen atoms in total. The molecule has 0 atom stereocenters. The van der Waals surface area contributed by atoms with Gasteiger partial charge in [0.15, 0.2) is 0 Å². The Kier molecular flexibility index (Phi) is 16.0. The minimum atomic E-state index is -3.14. The molecule has 0 fully saturated rings. The third-order valence-corrected chi connectivity index (χ3v) is 3.27. The first-order chi connectivity index (χ1) is 7.16. The Balaban J connectivity index is -0.000000377. The topological polar surface area (TPSA) is 205 Å². The van der Waals surface area contributed by atoms with Gasteiger partial charge < -0.3 is 11.1 Å². The molecular formula is C2H5LiN12Si. The molecule has 0 aliphatic rings. The smallest absolute Gasteiger partial charge is 0.373 e. The average molecular weight is 232 g/mol. The van der Waals surface area contributed by atoms with Crippen molar-refractivity contribution in [2.45, 2.75) is 13.0 Å². The molecule has 0 amide bonds. The summed E-state index contributed by atoms with van der Waals surface area (Å²) in [4.78, 5) is 8.92. The van der Waals surface area contributed by atoms with Gasteiger partial charge in [0, 0.05) is 0 Å². The van der Waals surface area contributed by atoms with Crippen LogP contribution in [0.4, 0.5) is 0 Å². The largest absolute Gasteiger partial charge is 1.00 e. The molecule has 0 aliphatic carbocycles. The monoisotopic (exact) mass is 232 g/mol. The zero-order valence-corrected chi connectivity index (χ0v) is 9.57. The Bertz CT molecular complexity index is 317. The Labute approximate surface area is 102 Å². The summed E-state index contributed by atoms with van der Waals surface area (Å²) in [6.45, 7) is 1.63. The van der Waals surface area contributed by atoms with Crippen LogP contribution in [0.1, 0.15) is 6.92 Å². The Morgan fingerprint density at radius 1 is 0.875 bits per heavy atom. The molecule has 78 valence electrons. The van der Waals surface area contributed by atoms with Gasteiger partial charge in [-0.25, -0.2) is 0 Å². The summed E-state index contributed by atoms with van der Waals surface area (Å²) in [5.74, 6) is 0. The van der Waals surface area contributed by atoms with E-state index in [0.717, 1.165) is 0 Å². The van der Waals surface area contributed by atoms with E-state index in [2.05, 4.69) is 29.1 Å². The molecule has 0 heterocycles. The summed E-state index contributed by atoms with van der Waals surface area (Å²) >= 11 is 0. The van der Waals surface area contributed by atoms with Gasteiger partial charge in [-0.1, -0.05) is 6.92 Å². The van der Waals surface area contributed by atoms with E-state index in [0.29, 0.717) is 0 Å². The fraction of sp³-hybridized carbons (Fsp3) is 1.00. The van der Waals surface area contributed by atoms with Crippen molar-refractivity contribution in [2.75, 3.05) is 0 Å². The summed E-state index contributed by atoms with van der Waals surface area (Å²) in [6.07, 6.45) is 0. The standard InChI is InChI=1S/C2H5N9Si.Li.N3/c1-2-12(9-6-3,10-7-4)11-8-5;;1-3-2/h2H2,1H3;;/q;+1;-1. The van der Waals surface area contributed by atoms with Crippen LogP contribution in [0.2, 0.25) is 6.04 Å². The van der Waals surface area contributed by atoms with Gasteiger partial charge in [0.05, 0.1) is 0 Å². The van der Waals surface area contributed by atoms with Crippen LogP contribution in [-0.2, 0) is 0 Å². The molecule has 0 N–H and O–H groups in total. The van der Waals surface area contributed by atoms with Crippen LogP contribution in [0.25, 0.3) is 47.3 Å². The maximum Gasteiger partial charge on any atom is 1.00 e. The molecule has 0 aromatic carbocycles. The van der Waals surface area contributed by atoms with E-state index in [9.17, 15) is 0 Å². The predicted octanol–water partition coefficient (Wildman–Crippen LogP) is 0.746. The second-order valence-corrected chi connectivity index (χ2v) is 4.64. The quantitative estimate of drug-likeness (QED) is 0.284. The van der Waals surface area contributed by atoms with Crippen molar-refractivity contribution in [3.8, 4) is 0 Å². The van der Waals surface area contributed by atoms with E-state index in [1.54, 1.807) is 6.92 Å². The number of hydrogen-bond acceptors (Lipinski definition) is 3. The van der Waals surface area contributed by atoms with Crippen molar-refractivity contribution < 1.29 is 18.9 Å². The summed E-state index contributed by atoms with van der Waals surface area (Å²) in [7, 11) is -3.14. The number of azide groups is 1. The Hall–Kier alpha value is -1.95. The van der Waals surface area contributed by atoms with Crippen molar-refractivity contribution in [1.82, 2.24) is 0 Å². The molecule has 0 unspecified atom stereocenters. The fourth-order valence-corrected chi connectivity index (χ4v) is 1.46. The van der Waals surface area contributed by atoms with E-state index in [-0.39, 0.29) is 24.9 Å². The van der Waals surface area contributed by atoms with E-state index in [1.165, 1.54) is 4.91 Å². The number of nitrogens with zero attached hydrogens (tertiary/aromatic N) is 12. The van der Waals surface area contributed by atoms with Crippen LogP contribution in [-0.4, -0.2) is 8.56 Å². The second-order valence-electron chi connectivity index (χ2n) is 1.79. The van der Waals surface area contributed by atoms with E-state index in [1.807, 2.05) is 0 Å². The molecule has 0 spiro atoms. The van der Waals surface area contributed by atoms with Crippen LogP contribution in [0, 0.1) is 0 Å².